The summed E-state index contributed by atoms with van der Waals surface area (Å²) in [6.07, 6.45) is 1.83. The van der Waals surface area contributed by atoms with Crippen LogP contribution >= 0.6 is 0 Å². The Balaban J connectivity index is 1.44. The van der Waals surface area contributed by atoms with Crippen LogP contribution in [-0.4, -0.2) is 22.0 Å². The van der Waals surface area contributed by atoms with E-state index in [1.807, 2.05) is 68.4 Å². The fraction of sp³-hybridized carbons (Fsp3) is 0.250. The predicted molar refractivity (Wildman–Crippen MR) is 133 cm³/mol. The number of rotatable bonds is 7. The average Bonchev–Trinajstić information content (AvgIpc) is 2.82. The van der Waals surface area contributed by atoms with Gasteiger partial charge in [0.05, 0.1) is 17.6 Å². The van der Waals surface area contributed by atoms with Gasteiger partial charge in [0, 0.05) is 12.1 Å². The Morgan fingerprint density at radius 1 is 0.909 bits per heavy atom. The largest absolute Gasteiger partial charge is 0.352 e. The molecular formula is C28H29N3O2. The number of carbonyl (C=O) groups is 1. The standard InChI is InChI=1S/C28H29N3O2/c1-19-16-25-26(17-20(19)2)31(28(33)21(3)30-25)18-23-11-13-24(14-12-23)27(32)29-15-7-10-22-8-5-4-6-9-22/h4-6,8-9,11-14,16-17H,7,10,15,18H2,1-3H3,(H,29,32). The van der Waals surface area contributed by atoms with Crippen molar-refractivity contribution in [1.29, 1.82) is 0 Å². The van der Waals surface area contributed by atoms with Gasteiger partial charge in [0.25, 0.3) is 11.5 Å². The third-order valence-electron chi connectivity index (χ3n) is 6.05. The Kier molecular flexibility index (Phi) is 6.68. The minimum atomic E-state index is -0.0917. The van der Waals surface area contributed by atoms with Crippen LogP contribution in [0.5, 0.6) is 0 Å². The average molecular weight is 440 g/mol. The minimum Gasteiger partial charge on any atom is -0.352 e. The van der Waals surface area contributed by atoms with Gasteiger partial charge >= 0.3 is 0 Å². The van der Waals surface area contributed by atoms with Crippen molar-refractivity contribution in [2.24, 2.45) is 0 Å². The predicted octanol–water partition coefficient (Wildman–Crippen LogP) is 4.73. The molecule has 1 aromatic heterocycles. The number of nitrogens with one attached hydrogen (secondary N) is 1. The number of aryl methyl sites for hydroxylation is 4. The lowest BCUT2D eigenvalue weighted by atomic mass is 10.1. The van der Waals surface area contributed by atoms with Crippen LogP contribution < -0.4 is 10.9 Å². The molecule has 4 rings (SSSR count). The molecule has 0 radical (unpaired) electrons. The quantitative estimate of drug-likeness (QED) is 0.423. The Morgan fingerprint density at radius 3 is 2.33 bits per heavy atom. The molecular weight excluding hydrogens is 410 g/mol. The van der Waals surface area contributed by atoms with Gasteiger partial charge in [0.1, 0.15) is 5.69 Å². The van der Waals surface area contributed by atoms with Crippen LogP contribution in [0.2, 0.25) is 0 Å². The summed E-state index contributed by atoms with van der Waals surface area (Å²) >= 11 is 0. The highest BCUT2D eigenvalue weighted by molar-refractivity contribution is 5.94. The lowest BCUT2D eigenvalue weighted by Gasteiger charge is -2.13. The second kappa shape index (κ2) is 9.82. The van der Waals surface area contributed by atoms with Crippen LogP contribution in [0.15, 0.2) is 71.5 Å². The van der Waals surface area contributed by atoms with E-state index in [0.717, 1.165) is 40.6 Å². The van der Waals surface area contributed by atoms with Crippen LogP contribution in [0.1, 0.15) is 44.7 Å². The summed E-state index contributed by atoms with van der Waals surface area (Å²) in [5, 5.41) is 2.99. The Labute approximate surface area is 194 Å². The molecule has 4 aromatic rings. The van der Waals surface area contributed by atoms with Crippen LogP contribution in [0.3, 0.4) is 0 Å². The van der Waals surface area contributed by atoms with Crippen molar-refractivity contribution >= 4 is 16.9 Å². The molecule has 0 atom stereocenters. The molecule has 0 unspecified atom stereocenters. The normalized spacial score (nSPS) is 11.0. The molecule has 0 bridgehead atoms. The summed E-state index contributed by atoms with van der Waals surface area (Å²) in [4.78, 5) is 29.8. The van der Waals surface area contributed by atoms with Gasteiger partial charge in [0.2, 0.25) is 0 Å². The van der Waals surface area contributed by atoms with Crippen molar-refractivity contribution in [3.05, 3.63) is 111 Å². The summed E-state index contributed by atoms with van der Waals surface area (Å²) in [6, 6.07) is 21.8. The van der Waals surface area contributed by atoms with Gasteiger partial charge in [-0.25, -0.2) is 4.98 Å². The SMILES string of the molecule is Cc1cc2nc(C)c(=O)n(Cc3ccc(C(=O)NCCCc4ccccc4)cc3)c2cc1C. The van der Waals surface area contributed by atoms with Crippen molar-refractivity contribution in [3.8, 4) is 0 Å². The molecule has 0 fully saturated rings. The maximum atomic E-state index is 12.8. The number of hydrogen-bond donors (Lipinski definition) is 1. The number of hydrogen-bond acceptors (Lipinski definition) is 3. The fourth-order valence-corrected chi connectivity index (χ4v) is 3.97. The number of aromatic nitrogens is 2. The monoisotopic (exact) mass is 439 g/mol. The van der Waals surface area contributed by atoms with E-state index in [0.29, 0.717) is 24.3 Å². The van der Waals surface area contributed by atoms with E-state index in [2.05, 4.69) is 22.4 Å². The first-order chi connectivity index (χ1) is 15.9. The van der Waals surface area contributed by atoms with Gasteiger partial charge < -0.3 is 9.88 Å². The molecule has 5 nitrogen and oxygen atoms in total. The summed E-state index contributed by atoms with van der Waals surface area (Å²) < 4.78 is 1.77. The highest BCUT2D eigenvalue weighted by Gasteiger charge is 2.11. The van der Waals surface area contributed by atoms with Gasteiger partial charge in [-0.1, -0.05) is 42.5 Å². The van der Waals surface area contributed by atoms with E-state index in [1.54, 1.807) is 11.5 Å². The molecule has 33 heavy (non-hydrogen) atoms. The Morgan fingerprint density at radius 2 is 1.61 bits per heavy atom. The molecule has 0 aliphatic rings. The van der Waals surface area contributed by atoms with Gasteiger partial charge in [-0.2, -0.15) is 0 Å². The van der Waals surface area contributed by atoms with Crippen molar-refractivity contribution in [1.82, 2.24) is 14.9 Å². The van der Waals surface area contributed by atoms with E-state index in [-0.39, 0.29) is 11.5 Å². The first-order valence-corrected chi connectivity index (χ1v) is 11.3. The fourth-order valence-electron chi connectivity index (χ4n) is 3.97. The number of nitrogens with zero attached hydrogens (tertiary/aromatic N) is 2. The maximum Gasteiger partial charge on any atom is 0.272 e. The van der Waals surface area contributed by atoms with Crippen molar-refractivity contribution in [2.45, 2.75) is 40.2 Å². The van der Waals surface area contributed by atoms with Gasteiger partial charge in [-0.05, 0) is 80.1 Å². The first kappa shape index (κ1) is 22.5. The van der Waals surface area contributed by atoms with Crippen LogP contribution in [0.4, 0.5) is 0 Å². The summed E-state index contributed by atoms with van der Waals surface area (Å²) in [5.74, 6) is -0.0805. The van der Waals surface area contributed by atoms with Crippen molar-refractivity contribution < 1.29 is 4.79 Å². The molecule has 0 aliphatic carbocycles. The van der Waals surface area contributed by atoms with Gasteiger partial charge in [0.15, 0.2) is 0 Å². The first-order valence-electron chi connectivity index (χ1n) is 11.3. The van der Waals surface area contributed by atoms with E-state index in [9.17, 15) is 9.59 Å². The number of amides is 1. The lowest BCUT2D eigenvalue weighted by Crippen LogP contribution is -2.25. The molecule has 1 N–H and O–H groups in total. The molecule has 0 aliphatic heterocycles. The van der Waals surface area contributed by atoms with Crippen LogP contribution in [0, 0.1) is 20.8 Å². The third-order valence-corrected chi connectivity index (χ3v) is 6.05. The maximum absolute atomic E-state index is 12.8. The van der Waals surface area contributed by atoms with Crippen LogP contribution in [0.25, 0.3) is 11.0 Å². The molecule has 1 amide bonds. The van der Waals surface area contributed by atoms with E-state index in [1.165, 1.54) is 5.56 Å². The lowest BCUT2D eigenvalue weighted by molar-refractivity contribution is 0.0953. The number of fused-ring (bicyclic) bond motifs is 1. The van der Waals surface area contributed by atoms with E-state index in [4.69, 9.17) is 0 Å². The minimum absolute atomic E-state index is 0.0805. The Bertz CT molecular complexity index is 1340. The van der Waals surface area contributed by atoms with Gasteiger partial charge in [-0.15, -0.1) is 0 Å². The highest BCUT2D eigenvalue weighted by Crippen LogP contribution is 2.18. The zero-order valence-corrected chi connectivity index (χ0v) is 19.4. The topological polar surface area (TPSA) is 64.0 Å². The molecule has 3 aromatic carbocycles. The molecule has 0 saturated heterocycles. The van der Waals surface area contributed by atoms with Crippen molar-refractivity contribution in [2.75, 3.05) is 6.54 Å². The third kappa shape index (κ3) is 5.20. The molecule has 168 valence electrons. The van der Waals surface area contributed by atoms with Crippen molar-refractivity contribution in [3.63, 3.8) is 0 Å². The Hall–Kier alpha value is -3.73. The van der Waals surface area contributed by atoms with E-state index < -0.39 is 0 Å². The molecule has 5 heteroatoms. The summed E-state index contributed by atoms with van der Waals surface area (Å²) in [7, 11) is 0. The van der Waals surface area contributed by atoms with Crippen LogP contribution in [-0.2, 0) is 13.0 Å². The van der Waals surface area contributed by atoms with Gasteiger partial charge in [-0.3, -0.25) is 9.59 Å². The highest BCUT2D eigenvalue weighted by atomic mass is 16.1. The second-order valence-corrected chi connectivity index (χ2v) is 8.56. The number of benzene rings is 3. The van der Waals surface area contributed by atoms with E-state index >= 15 is 0 Å². The molecule has 0 spiro atoms. The zero-order valence-electron chi connectivity index (χ0n) is 19.4. The number of carbonyl (C=O) groups excluding carboxylic acids is 1. The zero-order chi connectivity index (χ0) is 23.4. The summed E-state index contributed by atoms with van der Waals surface area (Å²) in [5.41, 5.74) is 7.17. The molecule has 0 saturated carbocycles. The smallest absolute Gasteiger partial charge is 0.272 e. The second-order valence-electron chi connectivity index (χ2n) is 8.56. The molecule has 1 heterocycles. The summed E-state index contributed by atoms with van der Waals surface area (Å²) in [6.45, 7) is 6.90.